The van der Waals surface area contributed by atoms with E-state index in [2.05, 4.69) is 0 Å². The molecule has 4 aliphatic rings. The highest BCUT2D eigenvalue weighted by Gasteiger charge is 2.57. The molecule has 3 fully saturated rings. The summed E-state index contributed by atoms with van der Waals surface area (Å²) in [4.78, 5) is 58.1. The van der Waals surface area contributed by atoms with Crippen molar-refractivity contribution in [2.75, 3.05) is 27.9 Å². The van der Waals surface area contributed by atoms with Gasteiger partial charge in [-0.1, -0.05) is 39.8 Å². The number of aliphatic hydroxyl groups excluding tert-OH is 1. The topological polar surface area (TPSA) is 167 Å². The number of carbonyl (C=O) groups is 4. The third kappa shape index (κ3) is 11.9. The van der Waals surface area contributed by atoms with Gasteiger partial charge in [-0.25, -0.2) is 13.6 Å². The van der Waals surface area contributed by atoms with Crippen LogP contribution in [0.3, 0.4) is 0 Å². The summed E-state index contributed by atoms with van der Waals surface area (Å²) in [5.41, 5.74) is 0.930. The van der Waals surface area contributed by atoms with Gasteiger partial charge in [-0.05, 0) is 119 Å². The fourth-order valence-corrected chi connectivity index (χ4v) is 10.1. The van der Waals surface area contributed by atoms with E-state index in [0.29, 0.717) is 55.4 Å². The molecule has 1 saturated carbocycles. The number of ketones is 2. The number of ether oxygens (including phenoxy) is 6. The number of alkyl halides is 1. The van der Waals surface area contributed by atoms with Crippen molar-refractivity contribution in [1.82, 2.24) is 4.90 Å². The standard InChI is InChI=1S/C49H71F2NO12/c1-10-33-22-27(2)43(51)28(3)23-41(60-8)45-42(61-9)24-30(5)49(58,64-45)46(55)47(56)52-20-12-11-13-36(52)48(57)63-44(31(6)37(53)26-38(33)54)29(4)21-32-14-19-39(40(25-32)59-7)62-35-17-15-34(50)16-18-35/h15-18,21-22,28,30-33,36-37,39-45,53,58H,10-14,19-20,23-26H2,1-9H3/b27-22+,29-21?. The highest BCUT2D eigenvalue weighted by molar-refractivity contribution is 6.39. The number of hydrogen-bond acceptors (Lipinski definition) is 12. The number of methoxy groups -OCH3 is 3. The van der Waals surface area contributed by atoms with E-state index < -0.39 is 89.9 Å². The molecule has 1 aromatic carbocycles. The Bertz CT molecular complexity index is 1820. The number of halogens is 2. The lowest BCUT2D eigenvalue weighted by Crippen LogP contribution is -2.64. The van der Waals surface area contributed by atoms with Crippen molar-refractivity contribution in [3.63, 3.8) is 0 Å². The van der Waals surface area contributed by atoms with Crippen LogP contribution in [0.15, 0.2) is 47.6 Å². The number of esters is 1. The second-order valence-corrected chi connectivity index (χ2v) is 18.7. The molecule has 1 aromatic rings. The first kappa shape index (κ1) is 51.4. The Balaban J connectivity index is 1.50. The van der Waals surface area contributed by atoms with Crippen LogP contribution in [-0.4, -0.2) is 127 Å². The Kier molecular flexibility index (Phi) is 18.3. The van der Waals surface area contributed by atoms with Crippen molar-refractivity contribution in [2.45, 2.75) is 166 Å². The van der Waals surface area contributed by atoms with Gasteiger partial charge in [-0.3, -0.25) is 14.4 Å². The van der Waals surface area contributed by atoms with Crippen LogP contribution in [0.25, 0.3) is 0 Å². The predicted molar refractivity (Wildman–Crippen MR) is 233 cm³/mol. The number of aliphatic hydroxyl groups is 2. The molecule has 15 atom stereocenters. The molecule has 13 nitrogen and oxygen atoms in total. The molecule has 1 amide bonds. The van der Waals surface area contributed by atoms with Crippen molar-refractivity contribution in [3.05, 3.63) is 53.4 Å². The fourth-order valence-electron chi connectivity index (χ4n) is 10.1. The van der Waals surface area contributed by atoms with Crippen LogP contribution in [0.5, 0.6) is 5.75 Å². The van der Waals surface area contributed by atoms with Crippen molar-refractivity contribution < 1.29 is 66.6 Å². The molecule has 15 heteroatoms. The lowest BCUT2D eigenvalue weighted by atomic mass is 9.81. The van der Waals surface area contributed by atoms with Gasteiger partial charge in [0.15, 0.2) is 0 Å². The number of benzene rings is 1. The molecule has 15 unspecified atom stereocenters. The second kappa shape index (κ2) is 22.7. The van der Waals surface area contributed by atoms with E-state index in [1.54, 1.807) is 59.9 Å². The summed E-state index contributed by atoms with van der Waals surface area (Å²) in [6.07, 6.45) is -0.269. The summed E-state index contributed by atoms with van der Waals surface area (Å²) in [5.74, 6) is -9.12. The molecule has 5 rings (SSSR count). The number of carbonyl (C=O) groups excluding carboxylic acids is 4. The summed E-state index contributed by atoms with van der Waals surface area (Å²) in [7, 11) is 4.47. The van der Waals surface area contributed by atoms with Gasteiger partial charge >= 0.3 is 5.97 Å². The number of rotatable bonds is 8. The number of nitrogens with zero attached hydrogens (tertiary/aromatic N) is 1. The smallest absolute Gasteiger partial charge is 0.329 e. The third-order valence-electron chi connectivity index (χ3n) is 14.2. The minimum atomic E-state index is -2.62. The maximum Gasteiger partial charge on any atom is 0.329 e. The molecule has 2 saturated heterocycles. The molecule has 2 N–H and O–H groups in total. The zero-order valence-corrected chi connectivity index (χ0v) is 39.0. The van der Waals surface area contributed by atoms with Crippen molar-refractivity contribution in [3.8, 4) is 5.75 Å². The summed E-state index contributed by atoms with van der Waals surface area (Å²) >= 11 is 0. The molecule has 64 heavy (non-hydrogen) atoms. The number of amides is 1. The van der Waals surface area contributed by atoms with Crippen LogP contribution in [0, 0.1) is 35.4 Å². The molecule has 2 bridgehead atoms. The number of Topliss-reactive ketones (excluding diaryl/α,β-unsaturated/α-hetero) is 2. The largest absolute Gasteiger partial charge is 0.488 e. The zero-order chi connectivity index (χ0) is 47.0. The van der Waals surface area contributed by atoms with Crippen LogP contribution in [-0.2, 0) is 42.9 Å². The van der Waals surface area contributed by atoms with E-state index in [0.717, 1.165) is 4.90 Å². The molecular weight excluding hydrogens is 833 g/mol. The summed E-state index contributed by atoms with van der Waals surface area (Å²) in [5, 5.41) is 23.8. The average molecular weight is 904 g/mol. The van der Waals surface area contributed by atoms with Crippen molar-refractivity contribution in [2.24, 2.45) is 29.6 Å². The normalized spacial score (nSPS) is 38.9. The molecule has 1 aliphatic carbocycles. The third-order valence-corrected chi connectivity index (χ3v) is 14.2. The number of cyclic esters (lactones) is 1. The lowest BCUT2D eigenvalue weighted by molar-refractivity contribution is -0.302. The van der Waals surface area contributed by atoms with Gasteiger partial charge in [0.25, 0.3) is 11.7 Å². The Labute approximate surface area is 377 Å². The van der Waals surface area contributed by atoms with Crippen LogP contribution in [0.4, 0.5) is 8.78 Å². The lowest BCUT2D eigenvalue weighted by Gasteiger charge is -2.47. The minimum absolute atomic E-state index is 0.0353. The van der Waals surface area contributed by atoms with E-state index in [4.69, 9.17) is 28.4 Å². The average Bonchev–Trinajstić information content (AvgIpc) is 3.29. The Hall–Kier alpha value is -3.60. The summed E-state index contributed by atoms with van der Waals surface area (Å²) in [6.45, 7) is 10.2. The van der Waals surface area contributed by atoms with Crippen LogP contribution >= 0.6 is 0 Å². The van der Waals surface area contributed by atoms with Crippen LogP contribution < -0.4 is 4.74 Å². The first-order valence-electron chi connectivity index (χ1n) is 23.0. The van der Waals surface area contributed by atoms with Gasteiger partial charge in [0.2, 0.25) is 5.79 Å². The molecule has 0 radical (unpaired) electrons. The Morgan fingerprint density at radius 3 is 2.22 bits per heavy atom. The molecule has 0 aromatic heterocycles. The summed E-state index contributed by atoms with van der Waals surface area (Å²) < 4.78 is 66.0. The second-order valence-electron chi connectivity index (χ2n) is 18.7. The first-order valence-corrected chi connectivity index (χ1v) is 23.0. The van der Waals surface area contributed by atoms with E-state index in [1.807, 2.05) is 13.0 Å². The highest BCUT2D eigenvalue weighted by Crippen LogP contribution is 2.40. The minimum Gasteiger partial charge on any atom is -0.488 e. The maximum atomic E-state index is 16.3. The first-order chi connectivity index (χ1) is 30.4. The van der Waals surface area contributed by atoms with Gasteiger partial charge in [-0.2, -0.15) is 0 Å². The highest BCUT2D eigenvalue weighted by atomic mass is 19.1. The number of piperidine rings is 1. The van der Waals surface area contributed by atoms with Crippen molar-refractivity contribution >= 4 is 23.4 Å². The molecule has 358 valence electrons. The SMILES string of the molecule is CCC1/C=C(\C)C(F)C(C)CC(OC)C2OC(O)(C(=O)C(=O)N3CCCCC3C(=O)OC(C(C)=CC3CCC(Oc4ccc(F)cc4)C(OC)C3)C(C)C(O)CC1=O)C(C)CC2OC. The van der Waals surface area contributed by atoms with Gasteiger partial charge in [0, 0.05) is 52.0 Å². The van der Waals surface area contributed by atoms with Gasteiger partial charge < -0.3 is 43.5 Å². The van der Waals surface area contributed by atoms with Crippen LogP contribution in [0.2, 0.25) is 0 Å². The monoisotopic (exact) mass is 903 g/mol. The van der Waals surface area contributed by atoms with Gasteiger partial charge in [0.05, 0.1) is 24.4 Å². The van der Waals surface area contributed by atoms with Gasteiger partial charge in [-0.15, -0.1) is 0 Å². The number of hydrogen-bond donors (Lipinski definition) is 2. The Morgan fingerprint density at radius 2 is 1.58 bits per heavy atom. The molecular formula is C49H71F2NO12. The number of fused-ring (bicyclic) bond motifs is 3. The van der Waals surface area contributed by atoms with E-state index >= 15 is 4.39 Å². The molecule has 3 aliphatic heterocycles. The predicted octanol–water partition coefficient (Wildman–Crippen LogP) is 6.65. The maximum absolute atomic E-state index is 16.3. The van der Waals surface area contributed by atoms with Gasteiger partial charge in [0.1, 0.15) is 47.9 Å². The Morgan fingerprint density at radius 1 is 0.922 bits per heavy atom. The summed E-state index contributed by atoms with van der Waals surface area (Å²) in [6, 6.07) is 4.60. The molecule has 0 spiro atoms. The quantitative estimate of drug-likeness (QED) is 0.162. The van der Waals surface area contributed by atoms with Crippen molar-refractivity contribution in [1.29, 1.82) is 0 Å². The van der Waals surface area contributed by atoms with E-state index in [-0.39, 0.29) is 62.0 Å². The van der Waals surface area contributed by atoms with Crippen LogP contribution in [0.1, 0.15) is 106 Å². The number of allylic oxidation sites excluding steroid dienone is 3. The zero-order valence-electron chi connectivity index (χ0n) is 39.0. The fraction of sp³-hybridized carbons (Fsp3) is 0.714. The van der Waals surface area contributed by atoms with E-state index in [1.165, 1.54) is 26.4 Å². The van der Waals surface area contributed by atoms with E-state index in [9.17, 15) is 33.8 Å². The molecule has 3 heterocycles.